The number of rotatable bonds is 6. The Morgan fingerprint density at radius 2 is 1.87 bits per heavy atom. The second-order valence-corrected chi connectivity index (χ2v) is 5.56. The molecule has 0 rings (SSSR count). The first-order valence-corrected chi connectivity index (χ1v) is 5.61. The Balaban J connectivity index is 4.30. The molecule has 15 heavy (non-hydrogen) atoms. The van der Waals surface area contributed by atoms with Gasteiger partial charge in [-0.1, -0.05) is 27.7 Å². The number of carbonyl (C=O) groups is 1. The maximum Gasteiger partial charge on any atom is 0.147 e. The van der Waals surface area contributed by atoms with Gasteiger partial charge in [0, 0.05) is 0 Å². The van der Waals surface area contributed by atoms with Gasteiger partial charge in [-0.15, -0.1) is 0 Å². The molecule has 0 bridgehead atoms. The second kappa shape index (κ2) is 5.61. The lowest BCUT2D eigenvalue weighted by molar-refractivity contribution is -0.121. The maximum atomic E-state index is 11.2. The number of aliphatic hydroxyl groups excluding tert-OH is 1. The lowest BCUT2D eigenvalue weighted by Gasteiger charge is -2.32. The van der Waals surface area contributed by atoms with Gasteiger partial charge >= 0.3 is 0 Å². The van der Waals surface area contributed by atoms with Crippen LogP contribution in [-0.4, -0.2) is 23.0 Å². The van der Waals surface area contributed by atoms with Gasteiger partial charge in [-0.05, 0) is 31.1 Å². The van der Waals surface area contributed by atoms with Crippen LogP contribution in [0, 0.1) is 11.3 Å². The predicted octanol–water partition coefficient (Wildman–Crippen LogP) is 1.73. The van der Waals surface area contributed by atoms with E-state index < -0.39 is 6.04 Å². The fourth-order valence-corrected chi connectivity index (χ4v) is 1.91. The van der Waals surface area contributed by atoms with Gasteiger partial charge in [-0.2, -0.15) is 0 Å². The zero-order valence-electron chi connectivity index (χ0n) is 10.6. The molecule has 0 aliphatic carbocycles. The average Bonchev–Trinajstić information content (AvgIpc) is 1.99. The standard InChI is InChI=1S/C12H25NO2/c1-8(2)6-10(15)7-12(4,5)11(13)9(3)14/h8,10-11,15H,6-7,13H2,1-5H3. The summed E-state index contributed by atoms with van der Waals surface area (Å²) in [5.41, 5.74) is 5.48. The quantitative estimate of drug-likeness (QED) is 0.709. The predicted molar refractivity (Wildman–Crippen MR) is 62.5 cm³/mol. The third-order valence-corrected chi connectivity index (χ3v) is 2.79. The van der Waals surface area contributed by atoms with Gasteiger partial charge in [0.25, 0.3) is 0 Å². The van der Waals surface area contributed by atoms with Crippen molar-refractivity contribution in [2.45, 2.75) is 59.6 Å². The lowest BCUT2D eigenvalue weighted by Crippen LogP contribution is -2.44. The monoisotopic (exact) mass is 215 g/mol. The van der Waals surface area contributed by atoms with Crippen LogP contribution in [0.15, 0.2) is 0 Å². The minimum Gasteiger partial charge on any atom is -0.393 e. The van der Waals surface area contributed by atoms with E-state index in [4.69, 9.17) is 5.73 Å². The van der Waals surface area contributed by atoms with Gasteiger partial charge in [-0.25, -0.2) is 0 Å². The molecule has 90 valence electrons. The number of hydrogen-bond donors (Lipinski definition) is 2. The van der Waals surface area contributed by atoms with Crippen LogP contribution in [0.25, 0.3) is 0 Å². The maximum absolute atomic E-state index is 11.2. The van der Waals surface area contributed by atoms with E-state index in [1.165, 1.54) is 6.92 Å². The molecular formula is C12H25NO2. The van der Waals surface area contributed by atoms with Crippen LogP contribution in [-0.2, 0) is 4.79 Å². The highest BCUT2D eigenvalue weighted by Gasteiger charge is 2.32. The van der Waals surface area contributed by atoms with Crippen LogP contribution in [0.5, 0.6) is 0 Å². The van der Waals surface area contributed by atoms with Crippen molar-refractivity contribution in [3.8, 4) is 0 Å². The van der Waals surface area contributed by atoms with Crippen molar-refractivity contribution >= 4 is 5.78 Å². The van der Waals surface area contributed by atoms with Crippen LogP contribution in [0.4, 0.5) is 0 Å². The number of hydrogen-bond acceptors (Lipinski definition) is 3. The molecule has 0 aliphatic rings. The third kappa shape index (κ3) is 5.28. The van der Waals surface area contributed by atoms with Crippen LogP contribution < -0.4 is 5.73 Å². The Morgan fingerprint density at radius 3 is 2.20 bits per heavy atom. The molecule has 0 fully saturated rings. The summed E-state index contributed by atoms with van der Waals surface area (Å²) in [5, 5.41) is 9.82. The van der Waals surface area contributed by atoms with Crippen molar-refractivity contribution in [2.75, 3.05) is 0 Å². The van der Waals surface area contributed by atoms with Crippen LogP contribution >= 0.6 is 0 Å². The highest BCUT2D eigenvalue weighted by atomic mass is 16.3. The molecule has 2 atom stereocenters. The fourth-order valence-electron chi connectivity index (χ4n) is 1.91. The van der Waals surface area contributed by atoms with Gasteiger partial charge < -0.3 is 10.8 Å². The summed E-state index contributed by atoms with van der Waals surface area (Å²) >= 11 is 0. The number of Topliss-reactive ketones (excluding diaryl/α,β-unsaturated/α-hetero) is 1. The summed E-state index contributed by atoms with van der Waals surface area (Å²) in [6.07, 6.45) is 0.963. The van der Waals surface area contributed by atoms with Gasteiger partial charge in [0.05, 0.1) is 12.1 Å². The number of carbonyl (C=O) groups excluding carboxylic acids is 1. The van der Waals surface area contributed by atoms with Crippen molar-refractivity contribution in [2.24, 2.45) is 17.1 Å². The Hall–Kier alpha value is -0.410. The van der Waals surface area contributed by atoms with E-state index in [0.29, 0.717) is 12.3 Å². The second-order valence-electron chi connectivity index (χ2n) is 5.56. The molecule has 0 saturated heterocycles. The Kier molecular flexibility index (Phi) is 5.46. The molecule has 3 heteroatoms. The third-order valence-electron chi connectivity index (χ3n) is 2.79. The molecule has 0 aliphatic heterocycles. The summed E-state index contributed by atoms with van der Waals surface area (Å²) in [6.45, 7) is 9.51. The van der Waals surface area contributed by atoms with E-state index in [1.807, 2.05) is 13.8 Å². The first-order chi connectivity index (χ1) is 6.66. The smallest absolute Gasteiger partial charge is 0.147 e. The van der Waals surface area contributed by atoms with Gasteiger partial charge in [0.15, 0.2) is 0 Å². The molecule has 0 heterocycles. The molecule has 2 unspecified atom stereocenters. The van der Waals surface area contributed by atoms with Crippen molar-refractivity contribution < 1.29 is 9.90 Å². The van der Waals surface area contributed by atoms with Crippen LogP contribution in [0.2, 0.25) is 0 Å². The molecule has 0 aromatic heterocycles. The van der Waals surface area contributed by atoms with Crippen molar-refractivity contribution in [1.29, 1.82) is 0 Å². The Labute approximate surface area is 93.0 Å². The fraction of sp³-hybridized carbons (Fsp3) is 0.917. The number of nitrogens with two attached hydrogens (primary N) is 1. The zero-order valence-corrected chi connectivity index (χ0v) is 10.6. The Bertz CT molecular complexity index is 212. The molecular weight excluding hydrogens is 190 g/mol. The van der Waals surface area contributed by atoms with Gasteiger partial charge in [0.1, 0.15) is 5.78 Å². The highest BCUT2D eigenvalue weighted by Crippen LogP contribution is 2.28. The molecule has 0 radical (unpaired) electrons. The van der Waals surface area contributed by atoms with Crippen molar-refractivity contribution in [3.63, 3.8) is 0 Å². The zero-order chi connectivity index (χ0) is 12.2. The van der Waals surface area contributed by atoms with Crippen LogP contribution in [0.1, 0.15) is 47.5 Å². The average molecular weight is 215 g/mol. The minimum absolute atomic E-state index is 0.0169. The topological polar surface area (TPSA) is 63.3 Å². The first-order valence-electron chi connectivity index (χ1n) is 5.61. The van der Waals surface area contributed by atoms with E-state index >= 15 is 0 Å². The van der Waals surface area contributed by atoms with Crippen molar-refractivity contribution in [3.05, 3.63) is 0 Å². The number of aliphatic hydroxyl groups is 1. The van der Waals surface area contributed by atoms with Gasteiger partial charge in [0.2, 0.25) is 0 Å². The molecule has 0 aromatic rings. The first kappa shape index (κ1) is 14.6. The van der Waals surface area contributed by atoms with E-state index in [2.05, 4.69) is 13.8 Å². The van der Waals surface area contributed by atoms with E-state index in [1.54, 1.807) is 0 Å². The molecule has 0 spiro atoms. The number of ketones is 1. The van der Waals surface area contributed by atoms with Crippen molar-refractivity contribution in [1.82, 2.24) is 0 Å². The molecule has 0 saturated carbocycles. The summed E-state index contributed by atoms with van der Waals surface area (Å²) in [7, 11) is 0. The minimum atomic E-state index is -0.487. The molecule has 3 nitrogen and oxygen atoms in total. The van der Waals surface area contributed by atoms with Crippen LogP contribution in [0.3, 0.4) is 0 Å². The largest absolute Gasteiger partial charge is 0.393 e. The Morgan fingerprint density at radius 1 is 1.40 bits per heavy atom. The summed E-state index contributed by atoms with van der Waals surface area (Å²) < 4.78 is 0. The van der Waals surface area contributed by atoms with E-state index in [9.17, 15) is 9.90 Å². The van der Waals surface area contributed by atoms with Gasteiger partial charge in [-0.3, -0.25) is 4.79 Å². The normalized spacial score (nSPS) is 16.5. The summed E-state index contributed by atoms with van der Waals surface area (Å²) in [6, 6.07) is -0.487. The SMILES string of the molecule is CC(=O)C(N)C(C)(C)CC(O)CC(C)C. The molecule has 0 aromatic carbocycles. The van der Waals surface area contributed by atoms with E-state index in [0.717, 1.165) is 6.42 Å². The summed E-state index contributed by atoms with van der Waals surface area (Å²) in [4.78, 5) is 11.2. The molecule has 0 amide bonds. The lowest BCUT2D eigenvalue weighted by atomic mass is 9.77. The summed E-state index contributed by atoms with van der Waals surface area (Å²) in [5.74, 6) is 0.445. The highest BCUT2D eigenvalue weighted by molar-refractivity contribution is 5.82. The molecule has 3 N–H and O–H groups in total. The van der Waals surface area contributed by atoms with E-state index in [-0.39, 0.29) is 17.3 Å².